The second kappa shape index (κ2) is 11.0. The molecule has 2 amide bonds. The van der Waals surface area contributed by atoms with Crippen molar-refractivity contribution >= 4 is 38.4 Å². The molecule has 1 spiro atoms. The number of anilines is 1. The molecule has 0 aliphatic carbocycles. The quantitative estimate of drug-likeness (QED) is 0.314. The minimum atomic E-state index is -3.00. The number of benzene rings is 2. The molecule has 0 saturated carbocycles. The van der Waals surface area contributed by atoms with E-state index in [0.717, 1.165) is 77.1 Å². The number of pyridine rings is 1. The van der Waals surface area contributed by atoms with E-state index in [9.17, 15) is 18.0 Å². The van der Waals surface area contributed by atoms with Gasteiger partial charge in [-0.2, -0.15) is 0 Å². The van der Waals surface area contributed by atoms with Crippen molar-refractivity contribution < 1.29 is 18.0 Å². The summed E-state index contributed by atoms with van der Waals surface area (Å²) in [7, 11) is -1.13. The van der Waals surface area contributed by atoms with Crippen molar-refractivity contribution in [3.63, 3.8) is 0 Å². The van der Waals surface area contributed by atoms with Gasteiger partial charge in [0.05, 0.1) is 28.2 Å². The summed E-state index contributed by atoms with van der Waals surface area (Å²) in [5, 5.41) is 0.760. The highest BCUT2D eigenvalue weighted by Gasteiger charge is 2.59. The number of likely N-dealkylation sites (N-methyl/N-ethyl adjacent to an activating group) is 1. The van der Waals surface area contributed by atoms with Crippen LogP contribution in [0.1, 0.15) is 56.6 Å². The molecule has 3 saturated heterocycles. The monoisotopic (exact) mass is 651 g/mol. The molecule has 2 aromatic heterocycles. The molecular weight excluding hydrogens is 611 g/mol. The molecule has 1 N–H and O–H groups in total. The third-order valence-electron chi connectivity index (χ3n) is 11.4. The Balaban J connectivity index is 1.21. The van der Waals surface area contributed by atoms with Crippen LogP contribution in [-0.4, -0.2) is 83.7 Å². The Bertz CT molecular complexity index is 1980. The number of rotatable bonds is 5. The van der Waals surface area contributed by atoms with Crippen molar-refractivity contribution in [1.82, 2.24) is 19.8 Å². The molecule has 4 aliphatic rings. The maximum absolute atomic E-state index is 14.3. The minimum absolute atomic E-state index is 0.0565. The predicted octanol–water partition coefficient (Wildman–Crippen LogP) is 5.29. The zero-order chi connectivity index (χ0) is 32.7. The Morgan fingerprint density at radius 2 is 1.62 bits per heavy atom. The molecule has 47 heavy (non-hydrogen) atoms. The van der Waals surface area contributed by atoms with Gasteiger partial charge < -0.3 is 14.8 Å². The van der Waals surface area contributed by atoms with Crippen LogP contribution in [0.5, 0.6) is 0 Å². The van der Waals surface area contributed by atoms with Gasteiger partial charge in [-0.3, -0.25) is 14.5 Å². The van der Waals surface area contributed by atoms with Gasteiger partial charge in [-0.05, 0) is 68.3 Å². The number of H-pyrrole nitrogens is 1. The van der Waals surface area contributed by atoms with Crippen molar-refractivity contribution in [2.45, 2.75) is 74.7 Å². The minimum Gasteiger partial charge on any atom is -0.339 e. The average molecular weight is 652 g/mol. The van der Waals surface area contributed by atoms with Crippen LogP contribution in [0.4, 0.5) is 5.69 Å². The number of carbonyl (C=O) groups is 2. The number of nitrogens with zero attached hydrogens (tertiary/aromatic N) is 4. The first-order valence-corrected chi connectivity index (χ1v) is 18.7. The summed E-state index contributed by atoms with van der Waals surface area (Å²) < 4.78 is 24.0. The average Bonchev–Trinajstić information content (AvgIpc) is 3.65. The first kappa shape index (κ1) is 30.3. The molecule has 244 valence electrons. The lowest BCUT2D eigenvalue weighted by Crippen LogP contribution is -2.54. The van der Waals surface area contributed by atoms with E-state index in [2.05, 4.69) is 46.3 Å². The number of amides is 2. The molecule has 9 nitrogen and oxygen atoms in total. The normalized spacial score (nSPS) is 24.9. The van der Waals surface area contributed by atoms with Crippen molar-refractivity contribution in [3.05, 3.63) is 71.9 Å². The van der Waals surface area contributed by atoms with Gasteiger partial charge >= 0.3 is 0 Å². The number of hydrogen-bond acceptors (Lipinski definition) is 6. The highest BCUT2D eigenvalue weighted by molar-refractivity contribution is 7.91. The van der Waals surface area contributed by atoms with Crippen LogP contribution in [0.3, 0.4) is 0 Å². The molecule has 2 atom stereocenters. The molecule has 10 heteroatoms. The molecule has 3 fully saturated rings. The molecule has 4 aromatic rings. The van der Waals surface area contributed by atoms with E-state index in [1.54, 1.807) is 11.8 Å². The van der Waals surface area contributed by atoms with E-state index in [1.807, 2.05) is 36.3 Å². The van der Waals surface area contributed by atoms with E-state index in [0.29, 0.717) is 25.7 Å². The molecule has 2 aromatic carbocycles. The second-order valence-corrected chi connectivity index (χ2v) is 16.5. The largest absolute Gasteiger partial charge is 0.339 e. The first-order chi connectivity index (χ1) is 22.5. The number of fused-ring (bicyclic) bond motifs is 6. The summed E-state index contributed by atoms with van der Waals surface area (Å²) in [6, 6.07) is 19.1. The van der Waals surface area contributed by atoms with Crippen LogP contribution >= 0.6 is 0 Å². The van der Waals surface area contributed by atoms with Gasteiger partial charge in [0, 0.05) is 55.4 Å². The topological polar surface area (TPSA) is 107 Å². The van der Waals surface area contributed by atoms with Gasteiger partial charge in [-0.25, -0.2) is 13.4 Å². The summed E-state index contributed by atoms with van der Waals surface area (Å²) in [6.07, 6.45) is 7.66. The fourth-order valence-electron chi connectivity index (χ4n) is 9.20. The maximum atomic E-state index is 14.3. The molecule has 6 heterocycles. The first-order valence-electron chi connectivity index (χ1n) is 16.7. The van der Waals surface area contributed by atoms with Crippen molar-refractivity contribution in [1.29, 1.82) is 0 Å². The van der Waals surface area contributed by atoms with Gasteiger partial charge in [0.25, 0.3) is 0 Å². The highest BCUT2D eigenvalue weighted by Crippen LogP contribution is 2.57. The Morgan fingerprint density at radius 3 is 2.23 bits per heavy atom. The van der Waals surface area contributed by atoms with Gasteiger partial charge in [-0.1, -0.05) is 54.6 Å². The third kappa shape index (κ3) is 4.82. The van der Waals surface area contributed by atoms with Gasteiger partial charge in [0.2, 0.25) is 11.8 Å². The molecule has 2 bridgehead atoms. The number of hydrogen-bond donors (Lipinski definition) is 1. The van der Waals surface area contributed by atoms with E-state index in [1.165, 1.54) is 11.8 Å². The number of aromatic nitrogens is 2. The molecule has 0 radical (unpaired) electrons. The van der Waals surface area contributed by atoms with Crippen LogP contribution in [-0.2, 0) is 31.4 Å². The molecule has 4 aliphatic heterocycles. The molecular formula is C37H41N5O4S. The van der Waals surface area contributed by atoms with Crippen LogP contribution < -0.4 is 4.90 Å². The van der Waals surface area contributed by atoms with Gasteiger partial charge in [-0.15, -0.1) is 0 Å². The summed E-state index contributed by atoms with van der Waals surface area (Å²) in [4.78, 5) is 41.7. The van der Waals surface area contributed by atoms with Crippen LogP contribution in [0.2, 0.25) is 0 Å². The van der Waals surface area contributed by atoms with E-state index < -0.39 is 15.3 Å². The summed E-state index contributed by atoms with van der Waals surface area (Å²) in [6.45, 7) is 3.98. The lowest BCUT2D eigenvalue weighted by molar-refractivity contribution is -0.137. The van der Waals surface area contributed by atoms with Crippen LogP contribution in [0.25, 0.3) is 33.4 Å². The zero-order valence-corrected chi connectivity index (χ0v) is 28.0. The Morgan fingerprint density at radius 1 is 0.957 bits per heavy atom. The summed E-state index contributed by atoms with van der Waals surface area (Å²) in [5.41, 5.74) is 7.25. The van der Waals surface area contributed by atoms with Crippen molar-refractivity contribution in [2.24, 2.45) is 0 Å². The fourth-order valence-corrected chi connectivity index (χ4v) is 10.3. The number of piperidine rings is 2. The van der Waals surface area contributed by atoms with Crippen LogP contribution in [0.15, 0.2) is 60.8 Å². The highest BCUT2D eigenvalue weighted by atomic mass is 32.2. The van der Waals surface area contributed by atoms with E-state index in [4.69, 9.17) is 4.98 Å². The molecule has 8 rings (SSSR count). The van der Waals surface area contributed by atoms with Gasteiger partial charge in [0.1, 0.15) is 15.5 Å². The standard InChI is InChI=1S/C37H41N5O4S/c1-23(43)42-27-13-14-28(42)20-37(19-27)33-30(40(2)36(37)44)21-38-35-32(33)31(25-7-5-4-6-8-25)34(39-35)26-11-9-24(10-12-26)22-41-17-15-29(16-18-41)47(3,45)46/h4-12,21,27-29H,13-20,22H2,1-3H3,(H,38,39). The summed E-state index contributed by atoms with van der Waals surface area (Å²) in [5.74, 6) is 0.204. The lowest BCUT2D eigenvalue weighted by Gasteiger charge is -2.43. The Labute approximate surface area is 275 Å². The Hall–Kier alpha value is -4.02. The van der Waals surface area contributed by atoms with E-state index in [-0.39, 0.29) is 29.1 Å². The van der Waals surface area contributed by atoms with Gasteiger partial charge in [0.15, 0.2) is 0 Å². The zero-order valence-electron chi connectivity index (χ0n) is 27.2. The number of sulfone groups is 1. The van der Waals surface area contributed by atoms with Crippen molar-refractivity contribution in [3.8, 4) is 22.4 Å². The predicted molar refractivity (Wildman–Crippen MR) is 184 cm³/mol. The fraction of sp³-hybridized carbons (Fsp3) is 0.432. The second-order valence-electron chi connectivity index (χ2n) is 14.2. The smallest absolute Gasteiger partial charge is 0.237 e. The van der Waals surface area contributed by atoms with E-state index >= 15 is 0 Å². The Kier molecular flexibility index (Phi) is 7.11. The number of carbonyl (C=O) groups excluding carboxylic acids is 2. The van der Waals surface area contributed by atoms with Crippen LogP contribution in [0, 0.1) is 0 Å². The number of nitrogens with one attached hydrogen (secondary N) is 1. The number of likely N-dealkylation sites (tertiary alicyclic amines) is 1. The summed E-state index contributed by atoms with van der Waals surface area (Å²) >= 11 is 0. The molecule has 2 unspecified atom stereocenters. The third-order valence-corrected chi connectivity index (χ3v) is 13.0. The SMILES string of the molecule is CC(=O)N1C2CCC1CC1(C2)C(=O)N(C)c2cnc3[nH]c(-c4ccc(CN5CCC(S(C)(=O)=O)CC5)cc4)c(-c4ccccc4)c3c21. The lowest BCUT2D eigenvalue weighted by atomic mass is 9.69. The van der Waals surface area contributed by atoms with Crippen molar-refractivity contribution in [2.75, 3.05) is 31.3 Å². The number of aromatic amines is 1. The maximum Gasteiger partial charge on any atom is 0.237 e.